The van der Waals surface area contributed by atoms with E-state index in [9.17, 15) is 19.5 Å². The first kappa shape index (κ1) is 30.2. The fourth-order valence-corrected chi connectivity index (χ4v) is 10.4. The minimum Gasteiger partial charge on any atom is -0.465 e. The van der Waals surface area contributed by atoms with Gasteiger partial charge in [-0.3, -0.25) is 14.4 Å². The highest BCUT2D eigenvalue weighted by Crippen LogP contribution is 2.68. The Labute approximate surface area is 234 Å². The molecular formula is C28H43BrN2O5S. The van der Waals surface area contributed by atoms with E-state index < -0.39 is 28.2 Å². The topological polar surface area (TPSA) is 87.2 Å². The first-order chi connectivity index (χ1) is 17.3. The minimum absolute atomic E-state index is 0.0212. The third kappa shape index (κ3) is 5.69. The van der Waals surface area contributed by atoms with Gasteiger partial charge in [0.05, 0.1) is 29.8 Å². The van der Waals surface area contributed by atoms with Crippen molar-refractivity contribution >= 4 is 45.5 Å². The maximum absolute atomic E-state index is 14.5. The molecule has 3 unspecified atom stereocenters. The molecule has 0 aromatic carbocycles. The minimum atomic E-state index is -0.773. The van der Waals surface area contributed by atoms with Crippen LogP contribution in [0.2, 0.25) is 0 Å². The normalized spacial score (nSPS) is 30.8. The predicted molar refractivity (Wildman–Crippen MR) is 151 cm³/mol. The highest BCUT2D eigenvalue weighted by molar-refractivity contribution is 9.09. The molecule has 37 heavy (non-hydrogen) atoms. The average molecular weight is 600 g/mol. The van der Waals surface area contributed by atoms with Crippen molar-refractivity contribution in [3.8, 4) is 0 Å². The number of esters is 1. The number of allylic oxidation sites excluding steroid dienone is 1. The van der Waals surface area contributed by atoms with Gasteiger partial charge in [0.2, 0.25) is 11.8 Å². The molecule has 3 aliphatic heterocycles. The summed E-state index contributed by atoms with van der Waals surface area (Å²) in [7, 11) is 0. The van der Waals surface area contributed by atoms with E-state index in [-0.39, 0.29) is 53.0 Å². The molecular weight excluding hydrogens is 556 g/mol. The number of carbonyl (C=O) groups excluding carboxylic acids is 3. The van der Waals surface area contributed by atoms with E-state index in [4.69, 9.17) is 4.74 Å². The Morgan fingerprint density at radius 1 is 1.27 bits per heavy atom. The highest BCUT2D eigenvalue weighted by Gasteiger charge is 2.76. The molecule has 7 nitrogen and oxygen atoms in total. The molecule has 0 aromatic heterocycles. The number of aliphatic hydroxyl groups excluding tert-OH is 1. The lowest BCUT2D eigenvalue weighted by atomic mass is 9.70. The van der Waals surface area contributed by atoms with Crippen LogP contribution < -0.4 is 0 Å². The SMILES string of the molecule is C=CCCCOC(=O)[C@H]1[C@@H]2SC3(CC2Br)C(C(=O)N(CC=C)C(C)(C)CC(C)(C)C)N(CCO)C(=O)[C@H]13. The summed E-state index contributed by atoms with van der Waals surface area (Å²) < 4.78 is 4.86. The molecule has 9 heteroatoms. The molecule has 208 valence electrons. The van der Waals surface area contributed by atoms with Crippen molar-refractivity contribution in [1.29, 1.82) is 0 Å². The number of nitrogens with zero attached hydrogens (tertiary/aromatic N) is 2. The summed E-state index contributed by atoms with van der Waals surface area (Å²) in [6.07, 6.45) is 6.28. The molecule has 3 aliphatic rings. The Morgan fingerprint density at radius 3 is 2.51 bits per heavy atom. The lowest BCUT2D eigenvalue weighted by Gasteiger charge is -2.46. The second kappa shape index (κ2) is 11.4. The molecule has 2 bridgehead atoms. The van der Waals surface area contributed by atoms with Gasteiger partial charge in [-0.25, -0.2) is 0 Å². The van der Waals surface area contributed by atoms with E-state index in [1.165, 1.54) is 4.90 Å². The van der Waals surface area contributed by atoms with Crippen molar-refractivity contribution in [1.82, 2.24) is 9.80 Å². The fourth-order valence-electron chi connectivity index (χ4n) is 6.83. The van der Waals surface area contributed by atoms with Gasteiger partial charge in [-0.05, 0) is 44.9 Å². The van der Waals surface area contributed by atoms with Gasteiger partial charge in [-0.15, -0.1) is 24.9 Å². The molecule has 2 amide bonds. The van der Waals surface area contributed by atoms with Crippen molar-refractivity contribution in [3.63, 3.8) is 0 Å². The number of amides is 2. The number of β-amino-alcohol motifs (C(OH)–C–C–N with tert-alkyl or cyclic N) is 1. The van der Waals surface area contributed by atoms with E-state index in [2.05, 4.69) is 63.7 Å². The van der Waals surface area contributed by atoms with Crippen molar-refractivity contribution in [2.45, 2.75) is 86.7 Å². The molecule has 3 heterocycles. The van der Waals surface area contributed by atoms with Crippen LogP contribution in [0.25, 0.3) is 0 Å². The van der Waals surface area contributed by atoms with Crippen LogP contribution >= 0.6 is 27.7 Å². The largest absolute Gasteiger partial charge is 0.465 e. The van der Waals surface area contributed by atoms with Gasteiger partial charge < -0.3 is 19.6 Å². The Balaban J connectivity index is 2.01. The predicted octanol–water partition coefficient (Wildman–Crippen LogP) is 4.18. The van der Waals surface area contributed by atoms with E-state index in [0.717, 1.165) is 12.8 Å². The van der Waals surface area contributed by atoms with Crippen LogP contribution in [-0.2, 0) is 19.1 Å². The van der Waals surface area contributed by atoms with Crippen LogP contribution in [-0.4, -0.2) is 85.4 Å². The number of rotatable bonds is 12. The van der Waals surface area contributed by atoms with Gasteiger partial charge in [-0.2, -0.15) is 0 Å². The lowest BCUT2D eigenvalue weighted by Crippen LogP contribution is -2.60. The zero-order valence-electron chi connectivity index (χ0n) is 22.9. The van der Waals surface area contributed by atoms with Gasteiger partial charge >= 0.3 is 5.97 Å². The van der Waals surface area contributed by atoms with Crippen LogP contribution in [0.3, 0.4) is 0 Å². The first-order valence-corrected chi connectivity index (χ1v) is 15.0. The van der Waals surface area contributed by atoms with Crippen molar-refractivity contribution < 1.29 is 24.2 Å². The van der Waals surface area contributed by atoms with Crippen molar-refractivity contribution in [2.24, 2.45) is 17.3 Å². The van der Waals surface area contributed by atoms with Crippen LogP contribution in [0.4, 0.5) is 0 Å². The number of ether oxygens (including phenoxy) is 1. The van der Waals surface area contributed by atoms with Gasteiger partial charge in [-0.1, -0.05) is 48.9 Å². The first-order valence-electron chi connectivity index (χ1n) is 13.2. The Hall–Kier alpha value is -1.32. The summed E-state index contributed by atoms with van der Waals surface area (Å²) in [5.74, 6) is -2.04. The summed E-state index contributed by atoms with van der Waals surface area (Å²) in [6, 6.07) is -0.773. The quantitative estimate of drug-likeness (QED) is 0.157. The molecule has 3 fully saturated rings. The number of likely N-dealkylation sites (tertiary alicyclic amines) is 1. The number of unbranched alkanes of at least 4 members (excludes halogenated alkanes) is 1. The third-order valence-electron chi connectivity index (χ3n) is 7.70. The molecule has 0 saturated carbocycles. The van der Waals surface area contributed by atoms with Crippen molar-refractivity contribution in [2.75, 3.05) is 26.3 Å². The number of fused-ring (bicyclic) bond motifs is 1. The lowest BCUT2D eigenvalue weighted by molar-refractivity contribution is -0.154. The number of thioether (sulfide) groups is 1. The summed E-state index contributed by atoms with van der Waals surface area (Å²) in [4.78, 5) is 45.1. The molecule has 0 aromatic rings. The molecule has 1 N–H and O–H groups in total. The van der Waals surface area contributed by atoms with Crippen LogP contribution in [0.15, 0.2) is 25.3 Å². The monoisotopic (exact) mass is 598 g/mol. The Bertz CT molecular complexity index is 919. The smallest absolute Gasteiger partial charge is 0.310 e. The number of aliphatic hydroxyl groups is 1. The maximum Gasteiger partial charge on any atom is 0.310 e. The number of hydrogen-bond donors (Lipinski definition) is 1. The van der Waals surface area contributed by atoms with E-state index in [1.54, 1.807) is 23.9 Å². The highest BCUT2D eigenvalue weighted by atomic mass is 79.9. The Kier molecular flexibility index (Phi) is 9.33. The molecule has 6 atom stereocenters. The number of carbonyl (C=O) groups is 3. The number of halogens is 1. The summed E-state index contributed by atoms with van der Waals surface area (Å²) in [5.41, 5.74) is -0.521. The van der Waals surface area contributed by atoms with Gasteiger partial charge in [0.1, 0.15) is 6.04 Å². The standard InChI is InChI=1S/C28H43BrN2O5S/c1-8-10-11-15-36-25(35)19-20-23(33)30(13-14-32)22(28(20)16-18(29)21(19)37-28)24(34)31(12-9-2)27(6,7)17-26(3,4)5/h8-9,18-22,32H,1-2,10-17H2,3-7H3/t18?,19-,20+,21-,22?,28?/m1/s1. The summed E-state index contributed by atoms with van der Waals surface area (Å²) in [5, 5.41) is 9.72. The summed E-state index contributed by atoms with van der Waals surface area (Å²) in [6.45, 7) is 18.6. The van der Waals surface area contributed by atoms with Crippen LogP contribution in [0, 0.1) is 17.3 Å². The van der Waals surface area contributed by atoms with E-state index >= 15 is 0 Å². The second-order valence-corrected chi connectivity index (χ2v) is 15.0. The third-order valence-corrected chi connectivity index (χ3v) is 10.9. The molecule has 1 spiro atoms. The fraction of sp³-hybridized carbons (Fsp3) is 0.750. The zero-order chi connectivity index (χ0) is 27.8. The van der Waals surface area contributed by atoms with Gasteiger partial charge in [0.25, 0.3) is 0 Å². The molecule has 0 radical (unpaired) electrons. The van der Waals surface area contributed by atoms with Crippen LogP contribution in [0.5, 0.6) is 0 Å². The van der Waals surface area contributed by atoms with Crippen LogP contribution in [0.1, 0.15) is 60.3 Å². The van der Waals surface area contributed by atoms with E-state index in [0.29, 0.717) is 19.4 Å². The summed E-state index contributed by atoms with van der Waals surface area (Å²) >= 11 is 5.35. The van der Waals surface area contributed by atoms with E-state index in [1.807, 2.05) is 4.90 Å². The zero-order valence-corrected chi connectivity index (χ0v) is 25.3. The average Bonchev–Trinajstić information content (AvgIpc) is 3.37. The molecule has 3 saturated heterocycles. The molecule has 0 aliphatic carbocycles. The van der Waals surface area contributed by atoms with Gasteiger partial charge in [0.15, 0.2) is 0 Å². The number of hydrogen-bond acceptors (Lipinski definition) is 6. The van der Waals surface area contributed by atoms with Crippen molar-refractivity contribution in [3.05, 3.63) is 25.3 Å². The maximum atomic E-state index is 14.5. The molecule has 3 rings (SSSR count). The second-order valence-electron chi connectivity index (χ2n) is 12.3. The Morgan fingerprint density at radius 2 is 1.95 bits per heavy atom. The number of alkyl halides is 1. The van der Waals surface area contributed by atoms with Gasteiger partial charge in [0, 0.05) is 28.7 Å².